The summed E-state index contributed by atoms with van der Waals surface area (Å²) in [5.74, 6) is 0. The second-order valence-electron chi connectivity index (χ2n) is 4.16. The second kappa shape index (κ2) is 9.34. The van der Waals surface area contributed by atoms with E-state index in [4.69, 9.17) is 21.1 Å². The minimum absolute atomic E-state index is 0.262. The molecule has 0 radical (unpaired) electrons. The molecule has 1 rings (SSSR count). The quantitative estimate of drug-likeness (QED) is 0.701. The van der Waals surface area contributed by atoms with E-state index in [9.17, 15) is 0 Å². The van der Waals surface area contributed by atoms with E-state index >= 15 is 0 Å². The zero-order valence-corrected chi connectivity index (χ0v) is 11.9. The normalized spacial score (nSPS) is 12.6. The van der Waals surface area contributed by atoms with Gasteiger partial charge >= 0.3 is 0 Å². The fraction of sp³-hybridized carbons (Fsp3) is 0.571. The molecule has 0 amide bonds. The van der Waals surface area contributed by atoms with Crippen LogP contribution in [0.5, 0.6) is 0 Å². The van der Waals surface area contributed by atoms with Gasteiger partial charge in [-0.3, -0.25) is 0 Å². The van der Waals surface area contributed by atoms with Gasteiger partial charge < -0.3 is 14.8 Å². The SMILES string of the molecule is COCCOCCCNC(C)c1ccccc1Cl. The number of methoxy groups -OCH3 is 1. The van der Waals surface area contributed by atoms with Gasteiger partial charge in [-0.15, -0.1) is 0 Å². The van der Waals surface area contributed by atoms with Gasteiger partial charge in [0.25, 0.3) is 0 Å². The molecule has 0 heterocycles. The molecule has 1 N–H and O–H groups in total. The third-order valence-corrected chi connectivity index (χ3v) is 3.06. The first kappa shape index (κ1) is 15.4. The van der Waals surface area contributed by atoms with Gasteiger partial charge in [0.15, 0.2) is 0 Å². The Balaban J connectivity index is 2.14. The predicted molar refractivity (Wildman–Crippen MR) is 75.2 cm³/mol. The number of ether oxygens (including phenoxy) is 2. The van der Waals surface area contributed by atoms with E-state index < -0.39 is 0 Å². The van der Waals surface area contributed by atoms with Crippen LogP contribution in [0.1, 0.15) is 24.9 Å². The highest BCUT2D eigenvalue weighted by molar-refractivity contribution is 6.31. The molecule has 0 aliphatic heterocycles. The van der Waals surface area contributed by atoms with Crippen LogP contribution in [0.4, 0.5) is 0 Å². The van der Waals surface area contributed by atoms with Gasteiger partial charge in [0.1, 0.15) is 0 Å². The summed E-state index contributed by atoms with van der Waals surface area (Å²) in [7, 11) is 1.68. The van der Waals surface area contributed by atoms with Gasteiger partial charge in [0.2, 0.25) is 0 Å². The van der Waals surface area contributed by atoms with Gasteiger partial charge in [-0.2, -0.15) is 0 Å². The fourth-order valence-electron chi connectivity index (χ4n) is 1.67. The summed E-state index contributed by atoms with van der Waals surface area (Å²) in [5, 5.41) is 4.25. The molecule has 0 fully saturated rings. The minimum atomic E-state index is 0.262. The van der Waals surface area contributed by atoms with Crippen LogP contribution in [0.3, 0.4) is 0 Å². The average Bonchev–Trinajstić information content (AvgIpc) is 2.38. The van der Waals surface area contributed by atoms with Gasteiger partial charge in [-0.05, 0) is 31.5 Å². The minimum Gasteiger partial charge on any atom is -0.382 e. The number of nitrogens with one attached hydrogen (secondary N) is 1. The summed E-state index contributed by atoms with van der Waals surface area (Å²) in [6.07, 6.45) is 0.985. The smallest absolute Gasteiger partial charge is 0.0700 e. The Morgan fingerprint density at radius 2 is 2.00 bits per heavy atom. The van der Waals surface area contributed by atoms with Crippen molar-refractivity contribution < 1.29 is 9.47 Å². The maximum absolute atomic E-state index is 6.14. The zero-order chi connectivity index (χ0) is 13.2. The molecule has 3 nitrogen and oxygen atoms in total. The second-order valence-corrected chi connectivity index (χ2v) is 4.56. The Bertz CT molecular complexity index is 333. The molecule has 0 aromatic heterocycles. The van der Waals surface area contributed by atoms with Crippen molar-refractivity contribution in [2.75, 3.05) is 33.5 Å². The molecule has 0 spiro atoms. The van der Waals surface area contributed by atoms with E-state index in [0.717, 1.165) is 30.2 Å². The molecule has 1 unspecified atom stereocenters. The van der Waals surface area contributed by atoms with E-state index in [1.165, 1.54) is 0 Å². The van der Waals surface area contributed by atoms with Crippen molar-refractivity contribution in [3.05, 3.63) is 34.9 Å². The average molecular weight is 272 g/mol. The first-order valence-electron chi connectivity index (χ1n) is 6.30. The molecule has 0 aliphatic carbocycles. The molecule has 0 saturated carbocycles. The number of hydrogen-bond donors (Lipinski definition) is 1. The number of benzene rings is 1. The third kappa shape index (κ3) is 5.83. The highest BCUT2D eigenvalue weighted by Crippen LogP contribution is 2.21. The zero-order valence-electron chi connectivity index (χ0n) is 11.1. The fourth-order valence-corrected chi connectivity index (χ4v) is 1.97. The van der Waals surface area contributed by atoms with Gasteiger partial charge in [-0.25, -0.2) is 0 Å². The van der Waals surface area contributed by atoms with Gasteiger partial charge in [0.05, 0.1) is 13.2 Å². The summed E-state index contributed by atoms with van der Waals surface area (Å²) < 4.78 is 10.3. The highest BCUT2D eigenvalue weighted by Gasteiger charge is 2.07. The van der Waals surface area contributed by atoms with Crippen LogP contribution < -0.4 is 5.32 Å². The molecule has 1 atom stereocenters. The summed E-state index contributed by atoms with van der Waals surface area (Å²) in [5.41, 5.74) is 1.14. The summed E-state index contributed by atoms with van der Waals surface area (Å²) in [6.45, 7) is 5.11. The van der Waals surface area contributed by atoms with E-state index in [1.807, 2.05) is 18.2 Å². The molecule has 1 aromatic carbocycles. The Hall–Kier alpha value is -0.610. The van der Waals surface area contributed by atoms with Gasteiger partial charge in [-0.1, -0.05) is 29.8 Å². The van der Waals surface area contributed by atoms with Crippen LogP contribution in [-0.2, 0) is 9.47 Å². The van der Waals surface area contributed by atoms with Crippen LogP contribution in [-0.4, -0.2) is 33.5 Å². The highest BCUT2D eigenvalue weighted by atomic mass is 35.5. The third-order valence-electron chi connectivity index (χ3n) is 2.72. The van der Waals surface area contributed by atoms with Crippen molar-refractivity contribution in [1.29, 1.82) is 0 Å². The van der Waals surface area contributed by atoms with Crippen molar-refractivity contribution in [2.45, 2.75) is 19.4 Å². The molecule has 102 valence electrons. The predicted octanol–water partition coefficient (Wildman–Crippen LogP) is 3.04. The lowest BCUT2D eigenvalue weighted by Crippen LogP contribution is -2.21. The summed E-state index contributed by atoms with van der Waals surface area (Å²) >= 11 is 6.14. The van der Waals surface area contributed by atoms with Crippen LogP contribution in [0.15, 0.2) is 24.3 Å². The lowest BCUT2D eigenvalue weighted by atomic mass is 10.1. The van der Waals surface area contributed by atoms with E-state index in [-0.39, 0.29) is 6.04 Å². The largest absolute Gasteiger partial charge is 0.382 e. The Morgan fingerprint density at radius 1 is 1.22 bits per heavy atom. The van der Waals surface area contributed by atoms with Crippen LogP contribution in [0.2, 0.25) is 5.02 Å². The Morgan fingerprint density at radius 3 is 2.72 bits per heavy atom. The number of rotatable bonds is 9. The first-order chi connectivity index (χ1) is 8.75. The van der Waals surface area contributed by atoms with E-state index in [2.05, 4.69) is 18.3 Å². The van der Waals surface area contributed by atoms with E-state index in [1.54, 1.807) is 7.11 Å². The maximum atomic E-state index is 6.14. The van der Waals surface area contributed by atoms with Gasteiger partial charge in [0, 0.05) is 24.8 Å². The number of hydrogen-bond acceptors (Lipinski definition) is 3. The Kier molecular flexibility index (Phi) is 8.01. The van der Waals surface area contributed by atoms with Crippen molar-refractivity contribution in [2.24, 2.45) is 0 Å². The molecule has 18 heavy (non-hydrogen) atoms. The van der Waals surface area contributed by atoms with Crippen molar-refractivity contribution in [3.8, 4) is 0 Å². The lowest BCUT2D eigenvalue weighted by Gasteiger charge is -2.15. The summed E-state index contributed by atoms with van der Waals surface area (Å²) in [6, 6.07) is 8.19. The number of halogens is 1. The monoisotopic (exact) mass is 271 g/mol. The maximum Gasteiger partial charge on any atom is 0.0700 e. The summed E-state index contributed by atoms with van der Waals surface area (Å²) in [4.78, 5) is 0. The first-order valence-corrected chi connectivity index (χ1v) is 6.68. The molecular formula is C14H22ClNO2. The van der Waals surface area contributed by atoms with Crippen LogP contribution in [0.25, 0.3) is 0 Å². The van der Waals surface area contributed by atoms with Crippen LogP contribution in [0, 0.1) is 0 Å². The van der Waals surface area contributed by atoms with E-state index in [0.29, 0.717) is 13.2 Å². The van der Waals surface area contributed by atoms with Crippen molar-refractivity contribution in [3.63, 3.8) is 0 Å². The molecule has 4 heteroatoms. The Labute approximate surface area is 114 Å². The molecular weight excluding hydrogens is 250 g/mol. The van der Waals surface area contributed by atoms with Crippen LogP contribution >= 0.6 is 11.6 Å². The lowest BCUT2D eigenvalue weighted by molar-refractivity contribution is 0.0693. The van der Waals surface area contributed by atoms with Crippen molar-refractivity contribution in [1.82, 2.24) is 5.32 Å². The molecule has 1 aromatic rings. The standard InChI is InChI=1S/C14H22ClNO2/c1-12(13-6-3-4-7-14(13)15)16-8-5-9-18-11-10-17-2/h3-4,6-7,12,16H,5,8-11H2,1-2H3. The van der Waals surface area contributed by atoms with Crippen molar-refractivity contribution >= 4 is 11.6 Å². The molecule has 0 bridgehead atoms. The topological polar surface area (TPSA) is 30.5 Å². The molecule has 0 saturated heterocycles. The molecule has 0 aliphatic rings.